The van der Waals surface area contributed by atoms with E-state index in [0.717, 1.165) is 25.1 Å². The van der Waals surface area contributed by atoms with Crippen molar-refractivity contribution in [2.24, 2.45) is 0 Å². The van der Waals surface area contributed by atoms with E-state index in [-0.39, 0.29) is 0 Å². The van der Waals surface area contributed by atoms with E-state index < -0.39 is 0 Å². The molecule has 0 saturated carbocycles. The number of imidazole rings is 1. The third-order valence-electron chi connectivity index (χ3n) is 2.21. The zero-order valence-electron chi connectivity index (χ0n) is 6.93. The molecule has 0 amide bonds. The lowest BCUT2D eigenvalue weighted by Gasteiger charge is -2.11. The molecule has 2 heteroatoms. The Hall–Kier alpha value is -0.790. The Bertz CT molecular complexity index is 227. The van der Waals surface area contributed by atoms with Gasteiger partial charge in [-0.1, -0.05) is 6.92 Å². The predicted octanol–water partition coefficient (Wildman–Crippen LogP) is 1.58. The quantitative estimate of drug-likeness (QED) is 0.592. The van der Waals surface area contributed by atoms with Crippen molar-refractivity contribution in [3.05, 3.63) is 17.7 Å². The summed E-state index contributed by atoms with van der Waals surface area (Å²) in [4.78, 5) is 4.48. The van der Waals surface area contributed by atoms with E-state index in [1.54, 1.807) is 0 Å². The molecule has 1 radical (unpaired) electrons. The first-order valence-electron chi connectivity index (χ1n) is 4.37. The number of aryl methyl sites for hydroxylation is 3. The number of hydrogen-bond donors (Lipinski definition) is 0. The normalized spacial score (nSPS) is 16.5. The lowest BCUT2D eigenvalue weighted by molar-refractivity contribution is 0.520. The van der Waals surface area contributed by atoms with Gasteiger partial charge >= 0.3 is 0 Å². The van der Waals surface area contributed by atoms with E-state index in [9.17, 15) is 0 Å². The van der Waals surface area contributed by atoms with Gasteiger partial charge in [0.1, 0.15) is 5.82 Å². The minimum Gasteiger partial charge on any atom is -0.327 e. The predicted molar refractivity (Wildman–Crippen MR) is 43.4 cm³/mol. The van der Waals surface area contributed by atoms with E-state index >= 15 is 0 Å². The summed E-state index contributed by atoms with van der Waals surface area (Å²) in [5.74, 6) is 1.24. The molecule has 11 heavy (non-hydrogen) atoms. The Morgan fingerprint density at radius 3 is 3.18 bits per heavy atom. The molecule has 2 rings (SSSR count). The molecule has 0 spiro atoms. The van der Waals surface area contributed by atoms with Gasteiger partial charge in [0.25, 0.3) is 0 Å². The molecule has 0 bridgehead atoms. The van der Waals surface area contributed by atoms with Crippen molar-refractivity contribution in [2.45, 2.75) is 39.2 Å². The Kier molecular flexibility index (Phi) is 1.68. The monoisotopic (exact) mass is 149 g/mol. The largest absolute Gasteiger partial charge is 0.327 e. The second kappa shape index (κ2) is 2.68. The van der Waals surface area contributed by atoms with Crippen LogP contribution in [-0.2, 0) is 19.4 Å². The van der Waals surface area contributed by atoms with Gasteiger partial charge in [-0.25, -0.2) is 4.98 Å². The first kappa shape index (κ1) is 6.89. The number of aromatic nitrogens is 2. The molecular weight excluding hydrogens is 136 g/mol. The van der Waals surface area contributed by atoms with Crippen molar-refractivity contribution in [2.75, 3.05) is 0 Å². The fourth-order valence-electron chi connectivity index (χ4n) is 1.55. The average Bonchev–Trinajstić information content (AvgIpc) is 2.46. The average molecular weight is 149 g/mol. The Balaban J connectivity index is 2.32. The van der Waals surface area contributed by atoms with Crippen LogP contribution in [0.15, 0.2) is 0 Å². The first-order chi connectivity index (χ1) is 5.40. The van der Waals surface area contributed by atoms with Gasteiger partial charge in [0, 0.05) is 13.0 Å². The highest BCUT2D eigenvalue weighted by Gasteiger charge is 2.10. The van der Waals surface area contributed by atoms with Gasteiger partial charge in [-0.05, 0) is 19.3 Å². The molecule has 0 aromatic carbocycles. The molecule has 1 aliphatic rings. The van der Waals surface area contributed by atoms with Crippen molar-refractivity contribution in [1.82, 2.24) is 9.55 Å². The van der Waals surface area contributed by atoms with Crippen LogP contribution in [0.3, 0.4) is 0 Å². The molecule has 0 saturated heterocycles. The second-order valence-electron chi connectivity index (χ2n) is 3.05. The minimum absolute atomic E-state index is 1.01. The number of hydrogen-bond acceptors (Lipinski definition) is 1. The fraction of sp³-hybridized carbons (Fsp3) is 0.667. The zero-order valence-corrected chi connectivity index (χ0v) is 6.93. The summed E-state index contributed by atoms with van der Waals surface area (Å²) in [5, 5.41) is 0. The summed E-state index contributed by atoms with van der Waals surface area (Å²) < 4.78 is 2.18. The third-order valence-corrected chi connectivity index (χ3v) is 2.21. The summed E-state index contributed by atoms with van der Waals surface area (Å²) in [7, 11) is 0. The summed E-state index contributed by atoms with van der Waals surface area (Å²) in [6, 6.07) is 0. The molecule has 0 atom stereocenters. The molecule has 2 heterocycles. The van der Waals surface area contributed by atoms with Crippen LogP contribution in [0.4, 0.5) is 0 Å². The van der Waals surface area contributed by atoms with Crippen molar-refractivity contribution < 1.29 is 0 Å². The van der Waals surface area contributed by atoms with Crippen LogP contribution < -0.4 is 0 Å². The second-order valence-corrected chi connectivity index (χ2v) is 3.05. The van der Waals surface area contributed by atoms with Gasteiger partial charge in [-0.15, -0.1) is 0 Å². The van der Waals surface area contributed by atoms with E-state index in [4.69, 9.17) is 0 Å². The van der Waals surface area contributed by atoms with Crippen LogP contribution in [-0.4, -0.2) is 9.55 Å². The van der Waals surface area contributed by atoms with Gasteiger partial charge in [0.15, 0.2) is 0 Å². The number of nitrogens with zero attached hydrogens (tertiary/aromatic N) is 2. The SMILES string of the molecule is CCc1[c]n2c(n1)CCCC2. The topological polar surface area (TPSA) is 17.8 Å². The Morgan fingerprint density at radius 2 is 2.45 bits per heavy atom. The Labute approximate surface area is 67.3 Å². The molecule has 0 N–H and O–H groups in total. The molecule has 0 aliphatic carbocycles. The van der Waals surface area contributed by atoms with Crippen LogP contribution in [0, 0.1) is 6.20 Å². The molecule has 1 aliphatic heterocycles. The van der Waals surface area contributed by atoms with Gasteiger partial charge in [0.2, 0.25) is 0 Å². The molecule has 0 unspecified atom stereocenters. The van der Waals surface area contributed by atoms with Gasteiger partial charge in [-0.3, -0.25) is 0 Å². The van der Waals surface area contributed by atoms with Crippen LogP contribution in [0.2, 0.25) is 0 Å². The van der Waals surface area contributed by atoms with Gasteiger partial charge < -0.3 is 4.57 Å². The molecule has 1 aromatic rings. The highest BCUT2D eigenvalue weighted by molar-refractivity contribution is 5.04. The van der Waals surface area contributed by atoms with E-state index in [1.165, 1.54) is 18.7 Å². The highest BCUT2D eigenvalue weighted by atomic mass is 15.1. The van der Waals surface area contributed by atoms with Crippen LogP contribution in [0.5, 0.6) is 0 Å². The number of rotatable bonds is 1. The molecule has 1 aromatic heterocycles. The molecular formula is C9H13N2. The summed E-state index contributed by atoms with van der Waals surface area (Å²) in [6.07, 6.45) is 8.05. The van der Waals surface area contributed by atoms with Crippen molar-refractivity contribution in [3.63, 3.8) is 0 Å². The maximum absolute atomic E-state index is 4.48. The standard InChI is InChI=1S/C9H13N2/c1-2-8-7-11-6-4-3-5-9(11)10-8/h2-6H2,1H3. The fourth-order valence-corrected chi connectivity index (χ4v) is 1.55. The van der Waals surface area contributed by atoms with E-state index in [1.807, 2.05) is 0 Å². The van der Waals surface area contributed by atoms with Crippen LogP contribution in [0.1, 0.15) is 31.3 Å². The van der Waals surface area contributed by atoms with Crippen LogP contribution >= 0.6 is 0 Å². The van der Waals surface area contributed by atoms with E-state index in [2.05, 4.69) is 22.7 Å². The zero-order chi connectivity index (χ0) is 7.68. The minimum atomic E-state index is 1.01. The lowest BCUT2D eigenvalue weighted by atomic mass is 10.2. The third kappa shape index (κ3) is 1.17. The lowest BCUT2D eigenvalue weighted by Crippen LogP contribution is -2.09. The van der Waals surface area contributed by atoms with Crippen molar-refractivity contribution in [3.8, 4) is 0 Å². The maximum atomic E-state index is 4.48. The highest BCUT2D eigenvalue weighted by Crippen LogP contribution is 2.13. The summed E-state index contributed by atoms with van der Waals surface area (Å²) in [5.41, 5.74) is 1.13. The Morgan fingerprint density at radius 1 is 1.55 bits per heavy atom. The van der Waals surface area contributed by atoms with Gasteiger partial charge in [0.05, 0.1) is 11.9 Å². The molecule has 2 nitrogen and oxygen atoms in total. The van der Waals surface area contributed by atoms with E-state index in [0.29, 0.717) is 0 Å². The number of fused-ring (bicyclic) bond motifs is 1. The maximum Gasteiger partial charge on any atom is 0.109 e. The van der Waals surface area contributed by atoms with Crippen LogP contribution in [0.25, 0.3) is 0 Å². The summed E-state index contributed by atoms with van der Waals surface area (Å²) >= 11 is 0. The van der Waals surface area contributed by atoms with Gasteiger partial charge in [-0.2, -0.15) is 0 Å². The smallest absolute Gasteiger partial charge is 0.109 e. The van der Waals surface area contributed by atoms with Crippen molar-refractivity contribution >= 4 is 0 Å². The molecule has 59 valence electrons. The molecule has 0 fully saturated rings. The first-order valence-corrected chi connectivity index (χ1v) is 4.37. The summed E-state index contributed by atoms with van der Waals surface area (Å²) in [6.45, 7) is 3.26. The van der Waals surface area contributed by atoms with Crippen molar-refractivity contribution in [1.29, 1.82) is 0 Å².